The van der Waals surface area contributed by atoms with E-state index < -0.39 is 5.92 Å². The molecule has 1 aliphatic rings. The summed E-state index contributed by atoms with van der Waals surface area (Å²) >= 11 is 0. The molecule has 0 saturated carbocycles. The number of hydrogen-bond donors (Lipinski definition) is 1. The number of hydrogen-bond acceptors (Lipinski definition) is 3. The minimum absolute atomic E-state index is 0.407. The summed E-state index contributed by atoms with van der Waals surface area (Å²) in [6.45, 7) is 0.407. The van der Waals surface area contributed by atoms with E-state index in [9.17, 15) is 4.39 Å². The van der Waals surface area contributed by atoms with Crippen molar-refractivity contribution in [3.8, 4) is 0 Å². The van der Waals surface area contributed by atoms with Crippen LogP contribution in [0.25, 0.3) is 0 Å². The van der Waals surface area contributed by atoms with Crippen LogP contribution in [0.15, 0.2) is 34.5 Å². The molecule has 0 aliphatic carbocycles. The van der Waals surface area contributed by atoms with E-state index in [0.29, 0.717) is 12.1 Å². The molecule has 0 radical (unpaired) electrons. The molecule has 3 nitrogen and oxygen atoms in total. The average molecular weight is 165 g/mol. The lowest BCUT2D eigenvalue weighted by atomic mass is 10.1. The third kappa shape index (κ3) is 1.10. The molecule has 0 saturated heterocycles. The maximum Gasteiger partial charge on any atom is 0.354 e. The molecule has 1 aromatic carbocycles. The minimum Gasteiger partial charge on any atom is -0.326 e. The quantitative estimate of drug-likeness (QED) is 0.666. The highest BCUT2D eigenvalue weighted by Crippen LogP contribution is 2.40. The Balaban J connectivity index is 2.33. The van der Waals surface area contributed by atoms with Crippen molar-refractivity contribution in [2.45, 2.75) is 12.5 Å². The lowest BCUT2D eigenvalue weighted by Gasteiger charge is -2.02. The first kappa shape index (κ1) is 7.36. The molecule has 4 heteroatoms. The molecular weight excluding hydrogens is 157 g/mol. The van der Waals surface area contributed by atoms with Gasteiger partial charge in [0.1, 0.15) is 0 Å². The highest BCUT2D eigenvalue weighted by molar-refractivity contribution is 5.29. The number of halogens is 1. The summed E-state index contributed by atoms with van der Waals surface area (Å²) in [6.07, 6.45) is 0. The summed E-state index contributed by atoms with van der Waals surface area (Å²) in [6, 6.07) is 6.93. The molecule has 1 aromatic rings. The third-order valence-corrected chi connectivity index (χ3v) is 1.81. The Kier molecular flexibility index (Phi) is 1.44. The number of benzene rings is 1. The standard InChI is InChI=1S/C8H8FN3/c9-8(11-12-8)7-3-1-2-6(4-7)5-10/h1-4H,5,10H2. The lowest BCUT2D eigenvalue weighted by Crippen LogP contribution is -2.02. The molecule has 0 spiro atoms. The topological polar surface area (TPSA) is 50.7 Å². The van der Waals surface area contributed by atoms with E-state index in [2.05, 4.69) is 10.2 Å². The van der Waals surface area contributed by atoms with Crippen molar-refractivity contribution in [3.63, 3.8) is 0 Å². The number of alkyl halides is 1. The summed E-state index contributed by atoms with van der Waals surface area (Å²) in [5.41, 5.74) is 6.75. The summed E-state index contributed by atoms with van der Waals surface area (Å²) in [7, 11) is 0. The van der Waals surface area contributed by atoms with Crippen molar-refractivity contribution >= 4 is 0 Å². The first-order valence-corrected chi connectivity index (χ1v) is 3.67. The van der Waals surface area contributed by atoms with Crippen LogP contribution in [0.1, 0.15) is 11.1 Å². The van der Waals surface area contributed by atoms with Gasteiger partial charge in [0.15, 0.2) is 0 Å². The van der Waals surface area contributed by atoms with Gasteiger partial charge in [0.2, 0.25) is 0 Å². The molecule has 1 heterocycles. The number of nitrogens with two attached hydrogens (primary N) is 1. The van der Waals surface area contributed by atoms with Crippen molar-refractivity contribution in [1.29, 1.82) is 0 Å². The molecule has 2 N–H and O–H groups in total. The first-order chi connectivity index (χ1) is 5.74. The predicted molar refractivity (Wildman–Crippen MR) is 42.0 cm³/mol. The van der Waals surface area contributed by atoms with Crippen molar-refractivity contribution in [2.75, 3.05) is 0 Å². The van der Waals surface area contributed by atoms with Crippen LogP contribution in [0.4, 0.5) is 4.39 Å². The van der Waals surface area contributed by atoms with E-state index in [0.717, 1.165) is 5.56 Å². The van der Waals surface area contributed by atoms with Crippen LogP contribution in [0.2, 0.25) is 0 Å². The Morgan fingerprint density at radius 1 is 1.42 bits per heavy atom. The van der Waals surface area contributed by atoms with Gasteiger partial charge in [-0.1, -0.05) is 18.2 Å². The highest BCUT2D eigenvalue weighted by Gasteiger charge is 2.42. The van der Waals surface area contributed by atoms with Crippen LogP contribution >= 0.6 is 0 Å². The Morgan fingerprint density at radius 3 is 2.75 bits per heavy atom. The second kappa shape index (κ2) is 2.35. The maximum absolute atomic E-state index is 13.2. The predicted octanol–water partition coefficient (Wildman–Crippen LogP) is 1.69. The Labute approximate surface area is 69.1 Å². The number of rotatable bonds is 2. The van der Waals surface area contributed by atoms with Gasteiger partial charge in [-0.2, -0.15) is 4.39 Å². The van der Waals surface area contributed by atoms with Crippen LogP contribution in [0.3, 0.4) is 0 Å². The molecule has 0 atom stereocenters. The fourth-order valence-electron chi connectivity index (χ4n) is 1.06. The molecule has 62 valence electrons. The van der Waals surface area contributed by atoms with E-state index in [1.807, 2.05) is 6.07 Å². The van der Waals surface area contributed by atoms with E-state index in [-0.39, 0.29) is 0 Å². The van der Waals surface area contributed by atoms with Crippen LogP contribution in [-0.2, 0) is 12.5 Å². The fraction of sp³-hybridized carbons (Fsp3) is 0.250. The summed E-state index contributed by atoms with van der Waals surface area (Å²) < 4.78 is 13.2. The maximum atomic E-state index is 13.2. The molecule has 0 aromatic heterocycles. The van der Waals surface area contributed by atoms with Gasteiger partial charge in [0.25, 0.3) is 0 Å². The van der Waals surface area contributed by atoms with Gasteiger partial charge in [-0.3, -0.25) is 0 Å². The lowest BCUT2D eigenvalue weighted by molar-refractivity contribution is 0.289. The SMILES string of the molecule is NCc1cccc(C2(F)N=N2)c1. The van der Waals surface area contributed by atoms with Gasteiger partial charge in [0.05, 0.1) is 0 Å². The van der Waals surface area contributed by atoms with Crippen molar-refractivity contribution in [3.05, 3.63) is 35.4 Å². The molecule has 1 aliphatic heterocycles. The van der Waals surface area contributed by atoms with Crippen molar-refractivity contribution in [2.24, 2.45) is 16.0 Å². The van der Waals surface area contributed by atoms with E-state index in [4.69, 9.17) is 5.73 Å². The van der Waals surface area contributed by atoms with Crippen LogP contribution < -0.4 is 5.73 Å². The molecule has 2 rings (SSSR count). The van der Waals surface area contributed by atoms with E-state index >= 15 is 0 Å². The van der Waals surface area contributed by atoms with Gasteiger partial charge < -0.3 is 5.73 Å². The van der Waals surface area contributed by atoms with Crippen LogP contribution in [0, 0.1) is 0 Å². The normalized spacial score (nSPS) is 17.8. The van der Waals surface area contributed by atoms with E-state index in [1.54, 1.807) is 18.2 Å². The zero-order valence-corrected chi connectivity index (χ0v) is 6.37. The van der Waals surface area contributed by atoms with Gasteiger partial charge >= 0.3 is 5.92 Å². The largest absolute Gasteiger partial charge is 0.354 e. The molecule has 0 bridgehead atoms. The van der Waals surface area contributed by atoms with Crippen molar-refractivity contribution in [1.82, 2.24) is 0 Å². The zero-order valence-electron chi connectivity index (χ0n) is 6.37. The molecule has 12 heavy (non-hydrogen) atoms. The number of nitrogens with zero attached hydrogens (tertiary/aromatic N) is 2. The average Bonchev–Trinajstić information content (AvgIpc) is 2.85. The van der Waals surface area contributed by atoms with Crippen LogP contribution in [-0.4, -0.2) is 0 Å². The summed E-state index contributed by atoms with van der Waals surface area (Å²) in [5, 5.41) is 6.59. The molecule has 0 amide bonds. The van der Waals surface area contributed by atoms with E-state index in [1.165, 1.54) is 0 Å². The monoisotopic (exact) mass is 165 g/mol. The highest BCUT2D eigenvalue weighted by atomic mass is 19.2. The first-order valence-electron chi connectivity index (χ1n) is 3.67. The summed E-state index contributed by atoms with van der Waals surface area (Å²) in [5.74, 6) is -1.77. The second-order valence-electron chi connectivity index (χ2n) is 2.69. The Morgan fingerprint density at radius 2 is 2.17 bits per heavy atom. The van der Waals surface area contributed by atoms with Gasteiger partial charge in [0, 0.05) is 12.1 Å². The fourth-order valence-corrected chi connectivity index (χ4v) is 1.06. The molecular formula is C8H8FN3. The summed E-state index contributed by atoms with van der Waals surface area (Å²) in [4.78, 5) is 0. The molecule has 0 unspecified atom stereocenters. The Bertz CT molecular complexity index is 329. The van der Waals surface area contributed by atoms with Gasteiger partial charge in [-0.15, -0.1) is 10.2 Å². The van der Waals surface area contributed by atoms with Gasteiger partial charge in [-0.05, 0) is 11.6 Å². The minimum atomic E-state index is -1.77. The second-order valence-corrected chi connectivity index (χ2v) is 2.69. The van der Waals surface area contributed by atoms with Crippen molar-refractivity contribution < 1.29 is 4.39 Å². The third-order valence-electron chi connectivity index (χ3n) is 1.81. The zero-order chi connectivity index (χ0) is 8.60. The van der Waals surface area contributed by atoms with Crippen LogP contribution in [0.5, 0.6) is 0 Å². The smallest absolute Gasteiger partial charge is 0.326 e. The van der Waals surface area contributed by atoms with Gasteiger partial charge in [-0.25, -0.2) is 0 Å². The molecule has 0 fully saturated rings. The Hall–Kier alpha value is -1.29.